The Morgan fingerprint density at radius 1 is 1.31 bits per heavy atom. The van der Waals surface area contributed by atoms with Gasteiger partial charge in [-0.15, -0.1) is 0 Å². The summed E-state index contributed by atoms with van der Waals surface area (Å²) in [6.07, 6.45) is 2.71. The van der Waals surface area contributed by atoms with Gasteiger partial charge in [-0.1, -0.05) is 13.8 Å². The highest BCUT2D eigenvalue weighted by Gasteiger charge is 2.36. The normalized spacial score (nSPS) is 32.9. The molecule has 1 aliphatic carbocycles. The van der Waals surface area contributed by atoms with Crippen molar-refractivity contribution < 1.29 is 4.21 Å². The van der Waals surface area contributed by atoms with Gasteiger partial charge in [-0.2, -0.15) is 0 Å². The van der Waals surface area contributed by atoms with Gasteiger partial charge in [-0.05, 0) is 25.3 Å². The summed E-state index contributed by atoms with van der Waals surface area (Å²) in [7, 11) is -0.535. The average molecular weight is 244 g/mol. The lowest BCUT2D eigenvalue weighted by molar-refractivity contribution is 0.0685. The van der Waals surface area contributed by atoms with Crippen molar-refractivity contribution in [2.24, 2.45) is 5.92 Å². The highest BCUT2D eigenvalue weighted by atomic mass is 32.2. The van der Waals surface area contributed by atoms with Crippen molar-refractivity contribution in [3.8, 4) is 0 Å². The van der Waals surface area contributed by atoms with Crippen molar-refractivity contribution in [1.82, 2.24) is 10.2 Å². The number of rotatable bonds is 4. The summed E-state index contributed by atoms with van der Waals surface area (Å²) in [5, 5.41) is 3.54. The van der Waals surface area contributed by atoms with E-state index in [1.807, 2.05) is 0 Å². The molecule has 2 atom stereocenters. The van der Waals surface area contributed by atoms with Gasteiger partial charge in [0.15, 0.2) is 0 Å². The molecule has 2 aliphatic rings. The molecule has 3 nitrogen and oxygen atoms in total. The van der Waals surface area contributed by atoms with Gasteiger partial charge < -0.3 is 5.32 Å². The maximum absolute atomic E-state index is 11.3. The van der Waals surface area contributed by atoms with E-state index in [1.54, 1.807) is 0 Å². The van der Waals surface area contributed by atoms with E-state index in [1.165, 1.54) is 12.8 Å². The van der Waals surface area contributed by atoms with Crippen LogP contribution < -0.4 is 5.32 Å². The molecule has 16 heavy (non-hydrogen) atoms. The van der Waals surface area contributed by atoms with Gasteiger partial charge >= 0.3 is 0 Å². The van der Waals surface area contributed by atoms with E-state index in [0.29, 0.717) is 6.04 Å². The minimum atomic E-state index is -0.535. The molecule has 0 aromatic heterocycles. The molecular weight excluding hydrogens is 220 g/mol. The van der Waals surface area contributed by atoms with E-state index in [4.69, 9.17) is 0 Å². The van der Waals surface area contributed by atoms with Crippen LogP contribution >= 0.6 is 0 Å². The zero-order chi connectivity index (χ0) is 11.5. The number of hydrogen-bond acceptors (Lipinski definition) is 3. The maximum Gasteiger partial charge on any atom is 0.0363 e. The molecule has 0 bridgehead atoms. The van der Waals surface area contributed by atoms with Crippen LogP contribution in [-0.4, -0.2) is 52.3 Å². The Labute approximate surface area is 101 Å². The van der Waals surface area contributed by atoms with E-state index < -0.39 is 10.8 Å². The zero-order valence-corrected chi connectivity index (χ0v) is 11.3. The van der Waals surface area contributed by atoms with Gasteiger partial charge in [-0.3, -0.25) is 9.11 Å². The first-order valence-electron chi connectivity index (χ1n) is 6.49. The molecule has 0 aromatic rings. The first-order valence-corrected chi connectivity index (χ1v) is 7.98. The lowest BCUT2D eigenvalue weighted by Gasteiger charge is -2.46. The lowest BCUT2D eigenvalue weighted by atomic mass is 9.78. The summed E-state index contributed by atoms with van der Waals surface area (Å²) in [6.45, 7) is 7.67. The van der Waals surface area contributed by atoms with E-state index in [0.717, 1.165) is 43.1 Å². The van der Waals surface area contributed by atoms with Crippen molar-refractivity contribution in [2.45, 2.75) is 38.8 Å². The number of nitrogens with one attached hydrogen (secondary N) is 1. The van der Waals surface area contributed by atoms with E-state index in [9.17, 15) is 4.21 Å². The van der Waals surface area contributed by atoms with Gasteiger partial charge in [-0.25, -0.2) is 0 Å². The molecule has 0 aromatic carbocycles. The molecule has 94 valence electrons. The topological polar surface area (TPSA) is 32.3 Å². The van der Waals surface area contributed by atoms with Crippen LogP contribution in [0, 0.1) is 5.92 Å². The lowest BCUT2D eigenvalue weighted by Crippen LogP contribution is -2.54. The first-order chi connectivity index (χ1) is 7.66. The van der Waals surface area contributed by atoms with Crippen LogP contribution in [0.1, 0.15) is 26.7 Å². The molecule has 1 saturated carbocycles. The van der Waals surface area contributed by atoms with E-state index in [2.05, 4.69) is 24.1 Å². The minimum Gasteiger partial charge on any atom is -0.314 e. The molecule has 1 N–H and O–H groups in total. The average Bonchev–Trinajstić information content (AvgIpc) is 2.19. The molecule has 0 amide bonds. The monoisotopic (exact) mass is 244 g/mol. The Morgan fingerprint density at radius 3 is 2.50 bits per heavy atom. The fraction of sp³-hybridized carbons (Fsp3) is 1.00. The van der Waals surface area contributed by atoms with Crippen molar-refractivity contribution in [1.29, 1.82) is 0 Å². The Balaban J connectivity index is 1.75. The Bertz CT molecular complexity index is 247. The van der Waals surface area contributed by atoms with Gasteiger partial charge in [0.2, 0.25) is 0 Å². The second-order valence-corrected chi connectivity index (χ2v) is 7.05. The van der Waals surface area contributed by atoms with Crippen molar-refractivity contribution in [3.05, 3.63) is 0 Å². The number of hydrogen-bond donors (Lipinski definition) is 1. The molecule has 1 aliphatic heterocycles. The molecule has 1 heterocycles. The Kier molecular flexibility index (Phi) is 4.39. The first kappa shape index (κ1) is 12.5. The van der Waals surface area contributed by atoms with Gasteiger partial charge in [0.25, 0.3) is 0 Å². The predicted octanol–water partition coefficient (Wildman–Crippen LogP) is 0.827. The molecule has 0 radical (unpaired) electrons. The number of nitrogens with zero attached hydrogens (tertiary/aromatic N) is 1. The van der Waals surface area contributed by atoms with Crippen LogP contribution in [-0.2, 0) is 10.8 Å². The third-order valence-electron chi connectivity index (χ3n) is 3.85. The third kappa shape index (κ3) is 3.05. The molecule has 2 fully saturated rings. The van der Waals surface area contributed by atoms with Crippen LogP contribution in [0.25, 0.3) is 0 Å². The Morgan fingerprint density at radius 2 is 2.00 bits per heavy atom. The second kappa shape index (κ2) is 5.61. The van der Waals surface area contributed by atoms with Crippen LogP contribution in [0.5, 0.6) is 0 Å². The fourth-order valence-electron chi connectivity index (χ4n) is 2.64. The van der Waals surface area contributed by atoms with E-state index in [-0.39, 0.29) is 0 Å². The molecule has 2 rings (SSSR count). The summed E-state index contributed by atoms with van der Waals surface area (Å²) >= 11 is 0. The predicted molar refractivity (Wildman–Crippen MR) is 69.1 cm³/mol. The van der Waals surface area contributed by atoms with Crippen molar-refractivity contribution in [3.63, 3.8) is 0 Å². The molecule has 2 unspecified atom stereocenters. The van der Waals surface area contributed by atoms with Crippen LogP contribution in [0.4, 0.5) is 0 Å². The molecular formula is C12H24N2OS. The summed E-state index contributed by atoms with van der Waals surface area (Å²) in [5.41, 5.74) is 0. The Hall–Kier alpha value is 0.0700. The molecule has 0 spiro atoms. The van der Waals surface area contributed by atoms with Crippen LogP contribution in [0.15, 0.2) is 0 Å². The summed E-state index contributed by atoms with van der Waals surface area (Å²) in [6, 6.07) is 1.36. The third-order valence-corrected chi connectivity index (χ3v) is 5.12. The summed E-state index contributed by atoms with van der Waals surface area (Å²) in [4.78, 5) is 2.57. The quantitative estimate of drug-likeness (QED) is 0.795. The van der Waals surface area contributed by atoms with Gasteiger partial charge in [0.1, 0.15) is 0 Å². The van der Waals surface area contributed by atoms with Crippen LogP contribution in [0.3, 0.4) is 0 Å². The largest absolute Gasteiger partial charge is 0.314 e. The van der Waals surface area contributed by atoms with Crippen LogP contribution in [0.2, 0.25) is 0 Å². The van der Waals surface area contributed by atoms with Crippen molar-refractivity contribution in [2.75, 3.05) is 31.1 Å². The summed E-state index contributed by atoms with van der Waals surface area (Å²) < 4.78 is 11.3. The smallest absolute Gasteiger partial charge is 0.0363 e. The molecule has 4 heteroatoms. The maximum atomic E-state index is 11.3. The van der Waals surface area contributed by atoms with E-state index >= 15 is 0 Å². The van der Waals surface area contributed by atoms with Gasteiger partial charge in [0, 0.05) is 47.5 Å². The summed E-state index contributed by atoms with van der Waals surface area (Å²) in [5.74, 6) is 2.61. The fourth-order valence-corrected chi connectivity index (χ4v) is 3.72. The SMILES string of the molecule is CC(C)NCC1CCC1N1CCS(=O)CC1. The standard InChI is InChI=1S/C12H24N2OS/c1-10(2)13-9-11-3-4-12(11)14-5-7-16(15)8-6-14/h10-13H,3-9H2,1-2H3. The highest BCUT2D eigenvalue weighted by molar-refractivity contribution is 7.85. The minimum absolute atomic E-state index is 0.535. The molecule has 1 saturated heterocycles. The second-order valence-electron chi connectivity index (χ2n) is 5.35. The van der Waals surface area contributed by atoms with Gasteiger partial charge in [0.05, 0.1) is 0 Å². The highest BCUT2D eigenvalue weighted by Crippen LogP contribution is 2.32. The zero-order valence-electron chi connectivity index (χ0n) is 10.4. The van der Waals surface area contributed by atoms with Crippen molar-refractivity contribution >= 4 is 10.8 Å².